The minimum absolute atomic E-state index is 0.197. The summed E-state index contributed by atoms with van der Waals surface area (Å²) in [6.07, 6.45) is 7.18. The van der Waals surface area contributed by atoms with Crippen LogP contribution in [0.15, 0.2) is 0 Å². The van der Waals surface area contributed by atoms with Gasteiger partial charge in [-0.1, -0.05) is 6.42 Å². The average molecular weight is 221 g/mol. The molecule has 0 bridgehead atoms. The largest absolute Gasteiger partial charge is 0.309 e. The standard InChI is InChI=1S/C13H23N3/c1-16(2)9-7-11-4-3-8-13(11,10-14)15-12-5-6-12/h11-12,15H,3-9H2,1-2H3. The third kappa shape index (κ3) is 2.56. The van der Waals surface area contributed by atoms with Gasteiger partial charge < -0.3 is 4.90 Å². The van der Waals surface area contributed by atoms with Crippen molar-refractivity contribution in [3.63, 3.8) is 0 Å². The maximum absolute atomic E-state index is 9.50. The Balaban J connectivity index is 1.95. The van der Waals surface area contributed by atoms with Gasteiger partial charge in [0, 0.05) is 6.04 Å². The molecule has 90 valence electrons. The highest BCUT2D eigenvalue weighted by Gasteiger charge is 2.45. The SMILES string of the molecule is CN(C)CCC1CCCC1(C#N)NC1CC1. The second kappa shape index (κ2) is 4.73. The first-order valence-corrected chi connectivity index (χ1v) is 6.50. The van der Waals surface area contributed by atoms with Crippen molar-refractivity contribution in [2.24, 2.45) is 5.92 Å². The van der Waals surface area contributed by atoms with Gasteiger partial charge in [0.25, 0.3) is 0 Å². The molecule has 0 aliphatic heterocycles. The zero-order chi connectivity index (χ0) is 11.6. The summed E-state index contributed by atoms with van der Waals surface area (Å²) in [5, 5.41) is 13.1. The lowest BCUT2D eigenvalue weighted by molar-refractivity contribution is 0.266. The summed E-state index contributed by atoms with van der Waals surface area (Å²) in [4.78, 5) is 2.22. The van der Waals surface area contributed by atoms with E-state index in [0.29, 0.717) is 12.0 Å². The van der Waals surface area contributed by atoms with E-state index in [2.05, 4.69) is 30.4 Å². The zero-order valence-electron chi connectivity index (χ0n) is 10.5. The molecule has 0 radical (unpaired) electrons. The number of nitrogens with zero attached hydrogens (tertiary/aromatic N) is 2. The molecule has 0 aromatic heterocycles. The van der Waals surface area contributed by atoms with Crippen LogP contribution in [0.3, 0.4) is 0 Å². The summed E-state index contributed by atoms with van der Waals surface area (Å²) in [5.41, 5.74) is -0.197. The molecular weight excluding hydrogens is 198 g/mol. The molecule has 0 amide bonds. The lowest BCUT2D eigenvalue weighted by atomic mass is 9.85. The van der Waals surface area contributed by atoms with Crippen LogP contribution in [-0.4, -0.2) is 37.1 Å². The molecule has 2 saturated carbocycles. The Kier molecular flexibility index (Phi) is 3.51. The van der Waals surface area contributed by atoms with Crippen molar-refractivity contribution in [2.45, 2.75) is 50.1 Å². The Labute approximate surface area is 98.8 Å². The molecule has 2 atom stereocenters. The van der Waals surface area contributed by atoms with Gasteiger partial charge in [0.2, 0.25) is 0 Å². The fraction of sp³-hybridized carbons (Fsp3) is 0.923. The van der Waals surface area contributed by atoms with E-state index in [0.717, 1.165) is 19.4 Å². The van der Waals surface area contributed by atoms with Gasteiger partial charge in [0.05, 0.1) is 6.07 Å². The highest BCUT2D eigenvalue weighted by atomic mass is 15.1. The maximum Gasteiger partial charge on any atom is 0.109 e. The van der Waals surface area contributed by atoms with Gasteiger partial charge in [0.1, 0.15) is 5.54 Å². The van der Waals surface area contributed by atoms with Crippen LogP contribution in [0.5, 0.6) is 0 Å². The van der Waals surface area contributed by atoms with E-state index in [1.807, 2.05) is 0 Å². The minimum atomic E-state index is -0.197. The minimum Gasteiger partial charge on any atom is -0.309 e. The molecule has 0 saturated heterocycles. The molecule has 2 rings (SSSR count). The third-order valence-electron chi connectivity index (χ3n) is 3.98. The summed E-state index contributed by atoms with van der Waals surface area (Å²) >= 11 is 0. The van der Waals surface area contributed by atoms with Crippen LogP contribution < -0.4 is 5.32 Å². The van der Waals surface area contributed by atoms with Gasteiger partial charge in [-0.15, -0.1) is 0 Å². The lowest BCUT2D eigenvalue weighted by Crippen LogP contribution is -2.48. The maximum atomic E-state index is 9.50. The Morgan fingerprint density at radius 2 is 2.12 bits per heavy atom. The van der Waals surface area contributed by atoms with Crippen molar-refractivity contribution in [1.82, 2.24) is 10.2 Å². The molecule has 1 N–H and O–H groups in total. The van der Waals surface area contributed by atoms with Gasteiger partial charge in [-0.2, -0.15) is 5.26 Å². The number of rotatable bonds is 5. The van der Waals surface area contributed by atoms with Gasteiger partial charge >= 0.3 is 0 Å². The highest BCUT2D eigenvalue weighted by molar-refractivity contribution is 5.16. The zero-order valence-corrected chi connectivity index (χ0v) is 10.5. The van der Waals surface area contributed by atoms with Crippen molar-refractivity contribution in [2.75, 3.05) is 20.6 Å². The number of hydrogen-bond acceptors (Lipinski definition) is 3. The van der Waals surface area contributed by atoms with E-state index in [9.17, 15) is 5.26 Å². The van der Waals surface area contributed by atoms with Gasteiger partial charge in [-0.05, 0) is 58.7 Å². The van der Waals surface area contributed by atoms with Gasteiger partial charge in [-0.3, -0.25) is 5.32 Å². The Morgan fingerprint density at radius 1 is 1.38 bits per heavy atom. The van der Waals surface area contributed by atoms with Gasteiger partial charge in [0.15, 0.2) is 0 Å². The molecule has 0 aromatic carbocycles. The van der Waals surface area contributed by atoms with E-state index >= 15 is 0 Å². The predicted molar refractivity (Wildman–Crippen MR) is 65.0 cm³/mol. The van der Waals surface area contributed by atoms with E-state index in [4.69, 9.17) is 0 Å². The first-order chi connectivity index (χ1) is 7.66. The third-order valence-corrected chi connectivity index (χ3v) is 3.98. The molecule has 2 aliphatic carbocycles. The molecule has 2 unspecified atom stereocenters. The smallest absolute Gasteiger partial charge is 0.109 e. The predicted octanol–water partition coefficient (Wildman–Crippen LogP) is 1.75. The van der Waals surface area contributed by atoms with Crippen LogP contribution in [0.1, 0.15) is 38.5 Å². The lowest BCUT2D eigenvalue weighted by Gasteiger charge is -2.30. The Hall–Kier alpha value is -0.590. The molecule has 0 aromatic rings. The van der Waals surface area contributed by atoms with Crippen LogP contribution >= 0.6 is 0 Å². The van der Waals surface area contributed by atoms with Crippen molar-refractivity contribution in [3.8, 4) is 6.07 Å². The fourth-order valence-electron chi connectivity index (χ4n) is 2.84. The van der Waals surface area contributed by atoms with Crippen LogP contribution in [0, 0.1) is 17.2 Å². The van der Waals surface area contributed by atoms with Gasteiger partial charge in [-0.25, -0.2) is 0 Å². The quantitative estimate of drug-likeness (QED) is 0.769. The van der Waals surface area contributed by atoms with E-state index < -0.39 is 0 Å². The summed E-state index contributed by atoms with van der Waals surface area (Å²) < 4.78 is 0. The Morgan fingerprint density at radius 3 is 2.69 bits per heavy atom. The topological polar surface area (TPSA) is 39.1 Å². The molecule has 3 heteroatoms. The second-order valence-electron chi connectivity index (χ2n) is 5.68. The first-order valence-electron chi connectivity index (χ1n) is 6.50. The van der Waals surface area contributed by atoms with Crippen LogP contribution in [0.4, 0.5) is 0 Å². The summed E-state index contributed by atoms with van der Waals surface area (Å²) in [6.45, 7) is 1.10. The number of hydrogen-bond donors (Lipinski definition) is 1. The van der Waals surface area contributed by atoms with Crippen molar-refractivity contribution < 1.29 is 0 Å². The summed E-state index contributed by atoms with van der Waals surface area (Å²) in [7, 11) is 4.22. The van der Waals surface area contributed by atoms with Crippen LogP contribution in [0.2, 0.25) is 0 Å². The molecular formula is C13H23N3. The summed E-state index contributed by atoms with van der Waals surface area (Å²) in [6, 6.07) is 3.23. The van der Waals surface area contributed by atoms with Crippen molar-refractivity contribution >= 4 is 0 Å². The molecule has 2 fully saturated rings. The van der Waals surface area contributed by atoms with Crippen molar-refractivity contribution in [1.29, 1.82) is 5.26 Å². The first kappa shape index (κ1) is 11.9. The number of nitriles is 1. The molecule has 2 aliphatic rings. The monoisotopic (exact) mass is 221 g/mol. The number of nitrogens with one attached hydrogen (secondary N) is 1. The van der Waals surface area contributed by atoms with E-state index in [1.165, 1.54) is 25.7 Å². The normalized spacial score (nSPS) is 34.2. The molecule has 3 nitrogen and oxygen atoms in total. The van der Waals surface area contributed by atoms with E-state index in [-0.39, 0.29) is 5.54 Å². The van der Waals surface area contributed by atoms with Crippen molar-refractivity contribution in [3.05, 3.63) is 0 Å². The van der Waals surface area contributed by atoms with Crippen LogP contribution in [-0.2, 0) is 0 Å². The molecule has 0 heterocycles. The van der Waals surface area contributed by atoms with Crippen LogP contribution in [0.25, 0.3) is 0 Å². The highest BCUT2D eigenvalue weighted by Crippen LogP contribution is 2.40. The Bertz CT molecular complexity index is 277. The molecule has 0 spiro atoms. The second-order valence-corrected chi connectivity index (χ2v) is 5.68. The summed E-state index contributed by atoms with van der Waals surface area (Å²) in [5.74, 6) is 0.556. The average Bonchev–Trinajstić information content (AvgIpc) is 2.95. The molecule has 16 heavy (non-hydrogen) atoms. The fourth-order valence-corrected chi connectivity index (χ4v) is 2.84. The van der Waals surface area contributed by atoms with E-state index in [1.54, 1.807) is 0 Å².